The number of para-hydroxylation sites is 1. The molecule has 2 heterocycles. The number of aliphatic hydroxyl groups is 1. The molecule has 0 radical (unpaired) electrons. The molecule has 1 saturated carbocycles. The van der Waals surface area contributed by atoms with E-state index in [-0.39, 0.29) is 24.2 Å². The van der Waals surface area contributed by atoms with Gasteiger partial charge in [-0.25, -0.2) is 0 Å². The number of aromatic hydroxyl groups is 1. The Kier molecular flexibility index (Phi) is 5.97. The third kappa shape index (κ3) is 3.64. The van der Waals surface area contributed by atoms with Crippen LogP contribution in [0.4, 0.5) is 0 Å². The van der Waals surface area contributed by atoms with Crippen molar-refractivity contribution in [3.63, 3.8) is 0 Å². The van der Waals surface area contributed by atoms with Crippen LogP contribution < -0.4 is 9.47 Å². The maximum Gasteiger partial charge on any atom is 0.233 e. The Morgan fingerprint density at radius 2 is 1.91 bits per heavy atom. The van der Waals surface area contributed by atoms with E-state index in [1.54, 1.807) is 12.1 Å². The standard InChI is InChI=1S/C25H26INO7/c1-27-23(29)16-10-14(12-33-15-6-4-3-5-7-15)25(31)17(21(16)24(27)30)11-19(34-25)13-8-18(26)22(28)20(9-13)32-2/h3-9,14,16-17,19,21,28,31H,10-12H2,1-2H3/t14-,16+,17+,19+,21+,25-/m1/s1. The lowest BCUT2D eigenvalue weighted by Gasteiger charge is -2.44. The summed E-state index contributed by atoms with van der Waals surface area (Å²) in [6.45, 7) is 0.147. The predicted octanol–water partition coefficient (Wildman–Crippen LogP) is 3.10. The zero-order chi connectivity index (χ0) is 24.2. The lowest BCUT2D eigenvalue weighted by molar-refractivity contribution is -0.272. The molecule has 3 aliphatic rings. The second-order valence-electron chi connectivity index (χ2n) is 9.18. The highest BCUT2D eigenvalue weighted by atomic mass is 127. The Morgan fingerprint density at radius 3 is 2.62 bits per heavy atom. The van der Waals surface area contributed by atoms with Crippen molar-refractivity contribution in [1.29, 1.82) is 0 Å². The zero-order valence-corrected chi connectivity index (χ0v) is 21.0. The number of hydrogen-bond acceptors (Lipinski definition) is 7. The molecule has 0 unspecified atom stereocenters. The highest BCUT2D eigenvalue weighted by molar-refractivity contribution is 14.1. The van der Waals surface area contributed by atoms with Crippen molar-refractivity contribution in [2.24, 2.45) is 23.7 Å². The first-order valence-corrected chi connectivity index (χ1v) is 12.3. The lowest BCUT2D eigenvalue weighted by atomic mass is 9.64. The molecular formula is C25H26INO7. The minimum Gasteiger partial charge on any atom is -0.504 e. The maximum absolute atomic E-state index is 13.0. The van der Waals surface area contributed by atoms with Gasteiger partial charge in [0.1, 0.15) is 5.75 Å². The van der Waals surface area contributed by atoms with Crippen LogP contribution in [0.25, 0.3) is 0 Å². The average Bonchev–Trinajstić information content (AvgIpc) is 3.30. The molecule has 0 bridgehead atoms. The number of halogens is 1. The summed E-state index contributed by atoms with van der Waals surface area (Å²) in [5, 5.41) is 22.1. The molecule has 9 heteroatoms. The molecule has 2 aromatic rings. The van der Waals surface area contributed by atoms with Crippen LogP contribution in [0.2, 0.25) is 0 Å². The summed E-state index contributed by atoms with van der Waals surface area (Å²) in [5.74, 6) is -3.36. The van der Waals surface area contributed by atoms with Crippen molar-refractivity contribution in [2.45, 2.75) is 24.7 Å². The number of carbonyl (C=O) groups excluding carboxylic acids is 2. The molecule has 3 fully saturated rings. The molecule has 2 saturated heterocycles. The van der Waals surface area contributed by atoms with E-state index >= 15 is 0 Å². The summed E-state index contributed by atoms with van der Waals surface area (Å²) >= 11 is 2.01. The molecule has 2 aromatic carbocycles. The number of methoxy groups -OCH3 is 1. The minimum atomic E-state index is -1.64. The van der Waals surface area contributed by atoms with Crippen LogP contribution >= 0.6 is 22.6 Å². The molecule has 2 N–H and O–H groups in total. The summed E-state index contributed by atoms with van der Waals surface area (Å²) in [5.41, 5.74) is 0.728. The zero-order valence-electron chi connectivity index (χ0n) is 18.8. The van der Waals surface area contributed by atoms with Crippen LogP contribution in [-0.4, -0.2) is 53.5 Å². The molecule has 180 valence electrons. The summed E-state index contributed by atoms with van der Waals surface area (Å²) in [4.78, 5) is 27.1. The largest absolute Gasteiger partial charge is 0.504 e. The quantitative estimate of drug-likeness (QED) is 0.415. The number of phenols is 1. The lowest BCUT2D eigenvalue weighted by Crippen LogP contribution is -2.55. The fourth-order valence-electron chi connectivity index (χ4n) is 5.69. The van der Waals surface area contributed by atoms with E-state index in [0.717, 1.165) is 5.56 Å². The van der Waals surface area contributed by atoms with Gasteiger partial charge >= 0.3 is 0 Å². The van der Waals surface area contributed by atoms with Crippen molar-refractivity contribution < 1.29 is 34.0 Å². The second-order valence-corrected chi connectivity index (χ2v) is 10.3. The van der Waals surface area contributed by atoms with Gasteiger partial charge in [-0.2, -0.15) is 0 Å². The first-order chi connectivity index (χ1) is 16.2. The number of phenolic OH excluding ortho intramolecular Hbond substituents is 1. The van der Waals surface area contributed by atoms with E-state index in [0.29, 0.717) is 27.9 Å². The molecule has 2 amide bonds. The molecule has 6 atom stereocenters. The van der Waals surface area contributed by atoms with Gasteiger partial charge in [0.2, 0.25) is 11.8 Å². The number of imide groups is 1. The molecule has 5 rings (SSSR count). The highest BCUT2D eigenvalue weighted by Crippen LogP contribution is 2.58. The van der Waals surface area contributed by atoms with Gasteiger partial charge in [0.15, 0.2) is 17.3 Å². The molecule has 2 aliphatic heterocycles. The number of hydrogen-bond donors (Lipinski definition) is 2. The van der Waals surface area contributed by atoms with Gasteiger partial charge in [-0.15, -0.1) is 0 Å². The predicted molar refractivity (Wildman–Crippen MR) is 129 cm³/mol. The summed E-state index contributed by atoms with van der Waals surface area (Å²) < 4.78 is 18.2. The number of ether oxygens (including phenoxy) is 3. The number of rotatable bonds is 5. The van der Waals surface area contributed by atoms with Gasteiger partial charge in [0.25, 0.3) is 0 Å². The molecule has 8 nitrogen and oxygen atoms in total. The molecule has 0 aromatic heterocycles. The number of nitrogens with zero attached hydrogens (tertiary/aromatic N) is 1. The fraction of sp³-hybridized carbons (Fsp3) is 0.440. The van der Waals surface area contributed by atoms with Crippen LogP contribution in [0, 0.1) is 27.2 Å². The van der Waals surface area contributed by atoms with Crippen molar-refractivity contribution in [3.05, 3.63) is 51.6 Å². The van der Waals surface area contributed by atoms with Crippen molar-refractivity contribution in [3.8, 4) is 17.2 Å². The first-order valence-electron chi connectivity index (χ1n) is 11.2. The monoisotopic (exact) mass is 579 g/mol. The van der Waals surface area contributed by atoms with Gasteiger partial charge < -0.3 is 24.4 Å². The van der Waals surface area contributed by atoms with Crippen LogP contribution in [0.3, 0.4) is 0 Å². The van der Waals surface area contributed by atoms with Crippen LogP contribution in [0.5, 0.6) is 17.2 Å². The molecule has 0 spiro atoms. The summed E-state index contributed by atoms with van der Waals surface area (Å²) in [6, 6.07) is 12.7. The van der Waals surface area contributed by atoms with E-state index in [2.05, 4.69) is 0 Å². The van der Waals surface area contributed by atoms with E-state index in [9.17, 15) is 19.8 Å². The Labute approximate surface area is 210 Å². The number of likely N-dealkylation sites (tertiary alicyclic amines) is 1. The van der Waals surface area contributed by atoms with Gasteiger partial charge in [-0.05, 0) is 65.3 Å². The fourth-order valence-corrected chi connectivity index (χ4v) is 6.31. The molecule has 34 heavy (non-hydrogen) atoms. The smallest absolute Gasteiger partial charge is 0.233 e. The minimum absolute atomic E-state index is 0.0355. The van der Waals surface area contributed by atoms with E-state index in [1.807, 2.05) is 52.9 Å². The Bertz CT molecular complexity index is 1130. The molecular weight excluding hydrogens is 553 g/mol. The second kappa shape index (κ2) is 8.69. The third-order valence-electron chi connectivity index (χ3n) is 7.42. The summed E-state index contributed by atoms with van der Waals surface area (Å²) in [7, 11) is 2.97. The van der Waals surface area contributed by atoms with Crippen molar-refractivity contribution in [1.82, 2.24) is 4.90 Å². The van der Waals surface area contributed by atoms with Gasteiger partial charge in [-0.3, -0.25) is 14.5 Å². The number of fused-ring (bicyclic) bond motifs is 3. The Balaban J connectivity index is 1.49. The topological polar surface area (TPSA) is 106 Å². The van der Waals surface area contributed by atoms with Crippen molar-refractivity contribution in [2.75, 3.05) is 20.8 Å². The van der Waals surface area contributed by atoms with Crippen LogP contribution in [0.1, 0.15) is 24.5 Å². The normalized spacial score (nSPS) is 32.5. The van der Waals surface area contributed by atoms with Crippen molar-refractivity contribution >= 4 is 34.4 Å². The van der Waals surface area contributed by atoms with E-state index < -0.39 is 35.6 Å². The number of benzene rings is 2. The maximum atomic E-state index is 13.0. The first kappa shape index (κ1) is 23.4. The van der Waals surface area contributed by atoms with Gasteiger partial charge in [-0.1, -0.05) is 18.2 Å². The highest BCUT2D eigenvalue weighted by Gasteiger charge is 2.66. The molecule has 1 aliphatic carbocycles. The average molecular weight is 579 g/mol. The van der Waals surface area contributed by atoms with Gasteiger partial charge in [0, 0.05) is 18.9 Å². The number of amides is 2. The third-order valence-corrected chi connectivity index (χ3v) is 8.24. The van der Waals surface area contributed by atoms with Gasteiger partial charge in [0.05, 0.1) is 35.2 Å². The summed E-state index contributed by atoms with van der Waals surface area (Å²) in [6.07, 6.45) is 0.115. The Hall–Kier alpha value is -2.37. The number of carbonyl (C=O) groups is 2. The van der Waals surface area contributed by atoms with Crippen LogP contribution in [0.15, 0.2) is 42.5 Å². The SMILES string of the molecule is COc1cc([C@@H]2C[C@H]3[C@H]4C(=O)N(C)C(=O)[C@H]4C[C@H](COc4ccccc4)[C@@]3(O)O2)cc(I)c1O. The Morgan fingerprint density at radius 1 is 1.18 bits per heavy atom. The van der Waals surface area contributed by atoms with Crippen LogP contribution in [-0.2, 0) is 14.3 Å². The van der Waals surface area contributed by atoms with E-state index in [4.69, 9.17) is 14.2 Å². The van der Waals surface area contributed by atoms with E-state index in [1.165, 1.54) is 19.1 Å².